The lowest BCUT2D eigenvalue weighted by Crippen LogP contribution is -2.34. The molecule has 0 aliphatic rings. The molecule has 0 aromatic rings. The fraction of sp³-hybridized carbons (Fsp3) is 0.800. The highest BCUT2D eigenvalue weighted by molar-refractivity contribution is 7.47. The highest BCUT2D eigenvalue weighted by Gasteiger charge is 2.27. The van der Waals surface area contributed by atoms with Crippen LogP contribution in [0.4, 0.5) is 0 Å². The highest BCUT2D eigenvalue weighted by Crippen LogP contribution is 2.43. The van der Waals surface area contributed by atoms with Crippen molar-refractivity contribution in [3.8, 4) is 0 Å². The summed E-state index contributed by atoms with van der Waals surface area (Å²) in [6, 6.07) is -1.47. The van der Waals surface area contributed by atoms with Gasteiger partial charge in [-0.3, -0.25) is 18.6 Å². The first-order valence-electron chi connectivity index (χ1n) is 20.0. The molecular formula is C40H74NO9P. The minimum absolute atomic E-state index is 0.00963. The lowest BCUT2D eigenvalue weighted by Gasteiger charge is -2.20. The van der Waals surface area contributed by atoms with Crippen molar-refractivity contribution in [2.45, 2.75) is 180 Å². The Labute approximate surface area is 310 Å². The lowest BCUT2D eigenvalue weighted by atomic mass is 10.1. The number of carbonyl (C=O) groups excluding carboxylic acids is 1. The number of phosphoric acid groups is 1. The number of aliphatic carboxylic acids is 1. The molecule has 10 nitrogen and oxygen atoms in total. The van der Waals surface area contributed by atoms with Gasteiger partial charge in [0.25, 0.3) is 0 Å². The zero-order chi connectivity index (χ0) is 37.7. The van der Waals surface area contributed by atoms with E-state index in [0.29, 0.717) is 13.0 Å². The number of nitrogens with two attached hydrogens (primary N) is 1. The maximum absolute atomic E-state index is 12.5. The maximum atomic E-state index is 12.5. The summed E-state index contributed by atoms with van der Waals surface area (Å²) in [6.45, 7) is 3.76. The molecule has 0 aromatic carbocycles. The number of hydrogen-bond donors (Lipinski definition) is 3. The van der Waals surface area contributed by atoms with E-state index in [9.17, 15) is 19.0 Å². The molecule has 51 heavy (non-hydrogen) atoms. The monoisotopic (exact) mass is 744 g/mol. The van der Waals surface area contributed by atoms with Gasteiger partial charge < -0.3 is 25.2 Å². The van der Waals surface area contributed by atoms with Crippen molar-refractivity contribution in [3.05, 3.63) is 36.5 Å². The maximum Gasteiger partial charge on any atom is 0.472 e. The Morgan fingerprint density at radius 2 is 1.12 bits per heavy atom. The van der Waals surface area contributed by atoms with Gasteiger partial charge in [0.2, 0.25) is 0 Å². The van der Waals surface area contributed by atoms with E-state index in [1.54, 1.807) is 0 Å². The van der Waals surface area contributed by atoms with Crippen molar-refractivity contribution in [1.82, 2.24) is 0 Å². The first kappa shape index (κ1) is 49.2. The van der Waals surface area contributed by atoms with Gasteiger partial charge in [-0.2, -0.15) is 0 Å². The minimum Gasteiger partial charge on any atom is -0.480 e. The molecule has 0 fully saturated rings. The summed E-state index contributed by atoms with van der Waals surface area (Å²) in [5.41, 5.74) is 5.34. The number of phosphoric ester groups is 1. The number of allylic oxidation sites excluding steroid dienone is 6. The SMILES string of the molecule is CCC/C=C\CCCCCCCC(=O)OC(COCCCCCCCCCC/C=C\C/C=C\CCCCCC)COP(=O)(O)OCC(N)C(=O)O. The van der Waals surface area contributed by atoms with Crippen LogP contribution >= 0.6 is 7.82 Å². The Morgan fingerprint density at radius 1 is 0.627 bits per heavy atom. The van der Waals surface area contributed by atoms with Crippen molar-refractivity contribution >= 4 is 19.8 Å². The zero-order valence-corrected chi connectivity index (χ0v) is 33.1. The van der Waals surface area contributed by atoms with E-state index >= 15 is 0 Å². The molecule has 0 aromatic heterocycles. The van der Waals surface area contributed by atoms with E-state index < -0.39 is 45.1 Å². The topological polar surface area (TPSA) is 155 Å². The van der Waals surface area contributed by atoms with Gasteiger partial charge in [0.1, 0.15) is 12.1 Å². The molecule has 3 atom stereocenters. The summed E-state index contributed by atoms with van der Waals surface area (Å²) in [5, 5.41) is 8.86. The normalized spacial score (nSPS) is 14.4. The molecule has 0 aliphatic heterocycles. The number of hydrogen-bond acceptors (Lipinski definition) is 8. The molecule has 0 radical (unpaired) electrons. The van der Waals surface area contributed by atoms with Crippen LogP contribution in [-0.4, -0.2) is 60.5 Å². The molecule has 0 heterocycles. The van der Waals surface area contributed by atoms with Crippen molar-refractivity contribution in [2.24, 2.45) is 5.73 Å². The second kappa shape index (κ2) is 36.5. The fourth-order valence-electron chi connectivity index (χ4n) is 5.22. The van der Waals surface area contributed by atoms with E-state index in [4.69, 9.17) is 24.8 Å². The van der Waals surface area contributed by atoms with Crippen LogP contribution in [0, 0.1) is 0 Å². The Kier molecular flexibility index (Phi) is 35.2. The lowest BCUT2D eigenvalue weighted by molar-refractivity contribution is -0.154. The van der Waals surface area contributed by atoms with E-state index in [1.807, 2.05) is 0 Å². The van der Waals surface area contributed by atoms with E-state index in [0.717, 1.165) is 77.0 Å². The second-order valence-electron chi connectivity index (χ2n) is 13.4. The molecule has 4 N–H and O–H groups in total. The molecule has 0 bridgehead atoms. The second-order valence-corrected chi connectivity index (χ2v) is 14.9. The van der Waals surface area contributed by atoms with Crippen LogP contribution in [0.5, 0.6) is 0 Å². The standard InChI is InChI=1S/C40H74NO9P/c1-3-5-7-9-11-13-15-16-17-18-19-20-21-22-23-25-27-29-31-33-47-34-37(35-48-51(45,46)49-36-38(41)40(43)44)50-39(42)32-30-28-26-24-14-12-10-8-6-4-2/h8,10,13,15,17-18,37-38H,3-7,9,11-12,14,16,19-36,41H2,1-2H3,(H,43,44)(H,45,46)/b10-8-,15-13-,18-17-. The first-order valence-corrected chi connectivity index (χ1v) is 21.5. The number of unbranched alkanes of at least 4 members (excludes halogenated alkanes) is 18. The largest absolute Gasteiger partial charge is 0.480 e. The summed E-state index contributed by atoms with van der Waals surface area (Å²) in [6.07, 6.45) is 39.2. The van der Waals surface area contributed by atoms with Gasteiger partial charge in [0.05, 0.1) is 19.8 Å². The average Bonchev–Trinajstić information content (AvgIpc) is 3.10. The minimum atomic E-state index is -4.61. The van der Waals surface area contributed by atoms with Crippen LogP contribution in [0.2, 0.25) is 0 Å². The summed E-state index contributed by atoms with van der Waals surface area (Å²) >= 11 is 0. The van der Waals surface area contributed by atoms with Crippen LogP contribution in [0.25, 0.3) is 0 Å². The van der Waals surface area contributed by atoms with Gasteiger partial charge in [-0.05, 0) is 64.2 Å². The molecular weight excluding hydrogens is 669 g/mol. The fourth-order valence-corrected chi connectivity index (χ4v) is 6.00. The van der Waals surface area contributed by atoms with Crippen LogP contribution in [0.15, 0.2) is 36.5 Å². The van der Waals surface area contributed by atoms with E-state index in [1.165, 1.54) is 64.2 Å². The van der Waals surface area contributed by atoms with Crippen LogP contribution in [-0.2, 0) is 32.7 Å². The number of rotatable bonds is 38. The molecule has 0 aliphatic carbocycles. The Morgan fingerprint density at radius 3 is 1.69 bits per heavy atom. The molecule has 0 rings (SSSR count). The third-order valence-corrected chi connectivity index (χ3v) is 9.32. The van der Waals surface area contributed by atoms with Crippen molar-refractivity contribution in [3.63, 3.8) is 0 Å². The number of carboxylic acid groups (broad SMARTS) is 1. The zero-order valence-electron chi connectivity index (χ0n) is 32.2. The average molecular weight is 744 g/mol. The van der Waals surface area contributed by atoms with Crippen LogP contribution in [0.3, 0.4) is 0 Å². The van der Waals surface area contributed by atoms with E-state index in [-0.39, 0.29) is 13.0 Å². The Hall–Kier alpha value is -1.81. The predicted molar refractivity (Wildman–Crippen MR) is 208 cm³/mol. The number of esters is 1. The summed E-state index contributed by atoms with van der Waals surface area (Å²) in [5.74, 6) is -1.79. The van der Waals surface area contributed by atoms with Crippen molar-refractivity contribution in [2.75, 3.05) is 26.4 Å². The third kappa shape index (κ3) is 36.3. The van der Waals surface area contributed by atoms with Gasteiger partial charge in [0, 0.05) is 13.0 Å². The van der Waals surface area contributed by atoms with E-state index in [2.05, 4.69) is 54.8 Å². The van der Waals surface area contributed by atoms with Gasteiger partial charge in [-0.25, -0.2) is 4.57 Å². The highest BCUT2D eigenvalue weighted by atomic mass is 31.2. The summed E-state index contributed by atoms with van der Waals surface area (Å²) in [7, 11) is -4.61. The Bertz CT molecular complexity index is 956. The molecule has 0 amide bonds. The molecule has 11 heteroatoms. The Balaban J connectivity index is 4.22. The number of carboxylic acids is 1. The summed E-state index contributed by atoms with van der Waals surface area (Å²) < 4.78 is 33.2. The summed E-state index contributed by atoms with van der Waals surface area (Å²) in [4.78, 5) is 33.4. The predicted octanol–water partition coefficient (Wildman–Crippen LogP) is 10.5. The molecule has 0 saturated carbocycles. The van der Waals surface area contributed by atoms with Gasteiger partial charge in [-0.1, -0.05) is 134 Å². The van der Waals surface area contributed by atoms with Crippen molar-refractivity contribution < 1.29 is 42.7 Å². The first-order chi connectivity index (χ1) is 24.7. The number of carbonyl (C=O) groups is 2. The number of ether oxygens (including phenoxy) is 2. The third-order valence-electron chi connectivity index (χ3n) is 8.37. The van der Waals surface area contributed by atoms with Crippen molar-refractivity contribution in [1.29, 1.82) is 0 Å². The van der Waals surface area contributed by atoms with Gasteiger partial charge in [-0.15, -0.1) is 0 Å². The van der Waals surface area contributed by atoms with Gasteiger partial charge >= 0.3 is 19.8 Å². The molecule has 298 valence electrons. The van der Waals surface area contributed by atoms with Crippen LogP contribution < -0.4 is 5.73 Å². The molecule has 0 spiro atoms. The smallest absolute Gasteiger partial charge is 0.472 e. The van der Waals surface area contributed by atoms with Crippen LogP contribution in [0.1, 0.15) is 168 Å². The molecule has 0 saturated heterocycles. The molecule has 3 unspecified atom stereocenters. The van der Waals surface area contributed by atoms with Gasteiger partial charge in [0.15, 0.2) is 0 Å². The quantitative estimate of drug-likeness (QED) is 0.0241.